The van der Waals surface area contributed by atoms with Crippen LogP contribution in [0.1, 0.15) is 56.6 Å². The van der Waals surface area contributed by atoms with E-state index in [9.17, 15) is 4.79 Å². The van der Waals surface area contributed by atoms with Crippen molar-refractivity contribution in [3.63, 3.8) is 0 Å². The summed E-state index contributed by atoms with van der Waals surface area (Å²) in [5.41, 5.74) is 8.05. The topological polar surface area (TPSA) is 58.4 Å². The van der Waals surface area contributed by atoms with Gasteiger partial charge in [-0.15, -0.1) is 24.8 Å². The van der Waals surface area contributed by atoms with Crippen molar-refractivity contribution in [1.82, 2.24) is 10.2 Å². The molecule has 1 saturated carbocycles. The lowest BCUT2D eigenvalue weighted by atomic mass is 9.98. The fraction of sp³-hybridized carbons (Fsp3) is 0.650. The number of nitrogens with two attached hydrogens (primary N) is 1. The van der Waals surface area contributed by atoms with Crippen LogP contribution in [0, 0.1) is 5.92 Å². The van der Waals surface area contributed by atoms with Gasteiger partial charge in [-0.05, 0) is 55.8 Å². The number of hydrogen-bond donors (Lipinski definition) is 2. The first-order valence-corrected chi connectivity index (χ1v) is 9.42. The van der Waals surface area contributed by atoms with E-state index in [-0.39, 0.29) is 30.7 Å². The fourth-order valence-electron chi connectivity index (χ4n) is 3.83. The Hall–Kier alpha value is -0.810. The number of halogens is 2. The molecule has 0 unspecified atom stereocenters. The summed E-state index contributed by atoms with van der Waals surface area (Å²) in [6, 6.07) is 8.63. The number of likely N-dealkylation sites (tertiary alicyclic amines) is 1. The van der Waals surface area contributed by atoms with Crippen LogP contribution < -0.4 is 11.1 Å². The molecule has 1 amide bonds. The molecule has 6 heteroatoms. The number of piperidine rings is 1. The summed E-state index contributed by atoms with van der Waals surface area (Å²) in [4.78, 5) is 14.8. The van der Waals surface area contributed by atoms with Crippen molar-refractivity contribution in [3.05, 3.63) is 35.4 Å². The zero-order valence-electron chi connectivity index (χ0n) is 15.7. The number of carbonyl (C=O) groups is 1. The molecule has 1 aliphatic heterocycles. The number of hydrogen-bond acceptors (Lipinski definition) is 3. The van der Waals surface area contributed by atoms with Crippen LogP contribution in [-0.4, -0.2) is 29.4 Å². The lowest BCUT2D eigenvalue weighted by Crippen LogP contribution is -2.51. The molecule has 0 aromatic heterocycles. The second-order valence-corrected chi connectivity index (χ2v) is 7.82. The van der Waals surface area contributed by atoms with Crippen molar-refractivity contribution in [3.8, 4) is 0 Å². The van der Waals surface area contributed by atoms with Crippen molar-refractivity contribution in [2.24, 2.45) is 11.7 Å². The van der Waals surface area contributed by atoms with Gasteiger partial charge in [0.1, 0.15) is 0 Å². The van der Waals surface area contributed by atoms with Crippen molar-refractivity contribution < 1.29 is 4.79 Å². The summed E-state index contributed by atoms with van der Waals surface area (Å²) < 4.78 is 0. The Morgan fingerprint density at radius 2 is 1.65 bits per heavy atom. The molecule has 4 nitrogen and oxygen atoms in total. The number of nitrogens with zero attached hydrogens (tertiary/aromatic N) is 1. The maximum atomic E-state index is 12.3. The minimum atomic E-state index is -0.634. The molecule has 3 rings (SSSR count). The van der Waals surface area contributed by atoms with E-state index in [1.54, 1.807) is 0 Å². The molecule has 1 aliphatic carbocycles. The molecule has 0 atom stereocenters. The Balaban J connectivity index is 0.00000169. The summed E-state index contributed by atoms with van der Waals surface area (Å²) in [6.45, 7) is 6.36. The fourth-order valence-corrected chi connectivity index (χ4v) is 3.83. The molecular weight excluding hydrogens is 369 g/mol. The molecule has 1 aromatic carbocycles. The van der Waals surface area contributed by atoms with E-state index in [0.29, 0.717) is 6.54 Å². The van der Waals surface area contributed by atoms with Crippen molar-refractivity contribution in [2.45, 2.75) is 64.1 Å². The van der Waals surface area contributed by atoms with E-state index in [0.717, 1.165) is 43.7 Å². The number of carbonyl (C=O) groups excluding carboxylic acids is 1. The van der Waals surface area contributed by atoms with Gasteiger partial charge in [0.2, 0.25) is 5.91 Å². The summed E-state index contributed by atoms with van der Waals surface area (Å²) in [5.74, 6) is 0.879. The minimum Gasteiger partial charge on any atom is -0.350 e. The number of amides is 1. The molecule has 0 bridgehead atoms. The molecular formula is C20H33Cl2N3O. The second-order valence-electron chi connectivity index (χ2n) is 7.82. The smallest absolute Gasteiger partial charge is 0.240 e. The number of nitrogens with one attached hydrogen (secondary N) is 1. The Labute approximate surface area is 170 Å². The van der Waals surface area contributed by atoms with Gasteiger partial charge in [-0.3, -0.25) is 9.69 Å². The third kappa shape index (κ3) is 6.12. The minimum absolute atomic E-state index is 0. The van der Waals surface area contributed by atoms with Crippen LogP contribution in [0.5, 0.6) is 0 Å². The third-order valence-corrected chi connectivity index (χ3v) is 5.71. The van der Waals surface area contributed by atoms with Crippen molar-refractivity contribution >= 4 is 30.7 Å². The molecule has 148 valence electrons. The van der Waals surface area contributed by atoms with Crippen LogP contribution in [-0.2, 0) is 17.9 Å². The average Bonchev–Trinajstić information content (AvgIpc) is 3.04. The van der Waals surface area contributed by atoms with Crippen LogP contribution in [0.3, 0.4) is 0 Å². The zero-order chi connectivity index (χ0) is 17.0. The normalized spacial score (nSPS) is 20.1. The Kier molecular flexibility index (Phi) is 9.39. The molecule has 1 heterocycles. The van der Waals surface area contributed by atoms with Crippen LogP contribution in [0.2, 0.25) is 0 Å². The van der Waals surface area contributed by atoms with Gasteiger partial charge in [0, 0.05) is 13.1 Å². The van der Waals surface area contributed by atoms with E-state index in [1.807, 2.05) is 0 Å². The lowest BCUT2D eigenvalue weighted by Gasteiger charge is -2.30. The van der Waals surface area contributed by atoms with E-state index in [2.05, 4.69) is 41.4 Å². The third-order valence-electron chi connectivity index (χ3n) is 5.71. The summed E-state index contributed by atoms with van der Waals surface area (Å²) in [7, 11) is 0. The Morgan fingerprint density at radius 1 is 1.12 bits per heavy atom. The van der Waals surface area contributed by atoms with Gasteiger partial charge >= 0.3 is 0 Å². The predicted molar refractivity (Wildman–Crippen MR) is 112 cm³/mol. The molecule has 2 aliphatic rings. The largest absolute Gasteiger partial charge is 0.350 e. The van der Waals surface area contributed by atoms with Crippen molar-refractivity contribution in [2.75, 3.05) is 13.1 Å². The van der Waals surface area contributed by atoms with Crippen LogP contribution in [0.4, 0.5) is 0 Å². The van der Waals surface area contributed by atoms with Crippen LogP contribution in [0.15, 0.2) is 24.3 Å². The highest BCUT2D eigenvalue weighted by Crippen LogP contribution is 2.27. The van der Waals surface area contributed by atoms with Gasteiger partial charge in [-0.1, -0.05) is 44.0 Å². The molecule has 0 spiro atoms. The maximum absolute atomic E-state index is 12.3. The van der Waals surface area contributed by atoms with E-state index in [4.69, 9.17) is 5.73 Å². The first kappa shape index (κ1) is 23.2. The van der Waals surface area contributed by atoms with Gasteiger partial charge < -0.3 is 11.1 Å². The molecule has 26 heavy (non-hydrogen) atoms. The van der Waals surface area contributed by atoms with Gasteiger partial charge in [-0.25, -0.2) is 0 Å². The first-order chi connectivity index (χ1) is 11.5. The molecule has 1 aromatic rings. The Bertz CT molecular complexity index is 551. The maximum Gasteiger partial charge on any atom is 0.240 e. The Morgan fingerprint density at radius 3 is 2.23 bits per heavy atom. The number of benzene rings is 1. The summed E-state index contributed by atoms with van der Waals surface area (Å²) in [5, 5.41) is 3.01. The highest BCUT2D eigenvalue weighted by molar-refractivity contribution is 5.86. The SMILES string of the molecule is CC1CCN(Cc2ccc(CNC(=O)C3(N)CCCC3)cc2)CC1.Cl.Cl. The summed E-state index contributed by atoms with van der Waals surface area (Å²) in [6.07, 6.45) is 6.37. The zero-order valence-corrected chi connectivity index (χ0v) is 17.3. The van der Waals surface area contributed by atoms with E-state index < -0.39 is 5.54 Å². The van der Waals surface area contributed by atoms with Crippen molar-refractivity contribution in [1.29, 1.82) is 0 Å². The highest BCUT2D eigenvalue weighted by atomic mass is 35.5. The van der Waals surface area contributed by atoms with Gasteiger partial charge in [0.05, 0.1) is 5.54 Å². The highest BCUT2D eigenvalue weighted by Gasteiger charge is 2.36. The van der Waals surface area contributed by atoms with Gasteiger partial charge in [0.15, 0.2) is 0 Å². The lowest BCUT2D eigenvalue weighted by molar-refractivity contribution is -0.126. The predicted octanol–water partition coefficient (Wildman–Crippen LogP) is 3.65. The standard InChI is InChI=1S/C20H31N3O.2ClH/c1-16-8-12-23(13-9-16)15-18-6-4-17(5-7-18)14-22-19(24)20(21)10-2-3-11-20;;/h4-7,16H,2-3,8-15,21H2,1H3,(H,22,24);2*1H. The second kappa shape index (κ2) is 10.5. The van der Waals surface area contributed by atoms with Gasteiger partial charge in [-0.2, -0.15) is 0 Å². The quantitative estimate of drug-likeness (QED) is 0.791. The first-order valence-electron chi connectivity index (χ1n) is 9.42. The number of rotatable bonds is 5. The average molecular weight is 402 g/mol. The van der Waals surface area contributed by atoms with Crippen LogP contribution >= 0.6 is 24.8 Å². The van der Waals surface area contributed by atoms with Crippen LogP contribution in [0.25, 0.3) is 0 Å². The van der Waals surface area contributed by atoms with E-state index in [1.165, 1.54) is 31.5 Å². The molecule has 0 radical (unpaired) electrons. The molecule has 1 saturated heterocycles. The summed E-state index contributed by atoms with van der Waals surface area (Å²) >= 11 is 0. The molecule has 2 fully saturated rings. The van der Waals surface area contributed by atoms with E-state index >= 15 is 0 Å². The monoisotopic (exact) mass is 401 g/mol. The molecule has 3 N–H and O–H groups in total. The van der Waals surface area contributed by atoms with Gasteiger partial charge in [0.25, 0.3) is 0 Å².